The molecule has 1 aromatic rings. The van der Waals surface area contributed by atoms with Gasteiger partial charge in [0.05, 0.1) is 5.56 Å². The van der Waals surface area contributed by atoms with E-state index in [-0.39, 0.29) is 5.91 Å². The highest BCUT2D eigenvalue weighted by Gasteiger charge is 2.19. The maximum absolute atomic E-state index is 12.4. The van der Waals surface area contributed by atoms with Crippen LogP contribution in [0.3, 0.4) is 0 Å². The first-order chi connectivity index (χ1) is 10.1. The van der Waals surface area contributed by atoms with Gasteiger partial charge in [0.15, 0.2) is 0 Å². The molecule has 4 heteroatoms. The number of amides is 1. The molecule has 1 aliphatic rings. The van der Waals surface area contributed by atoms with Gasteiger partial charge in [0.1, 0.15) is 0 Å². The Morgan fingerprint density at radius 3 is 2.67 bits per heavy atom. The van der Waals surface area contributed by atoms with E-state index in [0.717, 1.165) is 24.7 Å². The summed E-state index contributed by atoms with van der Waals surface area (Å²) in [7, 11) is 0. The van der Waals surface area contributed by atoms with Crippen LogP contribution in [-0.2, 0) is 0 Å². The summed E-state index contributed by atoms with van der Waals surface area (Å²) in [5.41, 5.74) is 1.48. The molecule has 1 amide bonds. The zero-order valence-corrected chi connectivity index (χ0v) is 13.7. The van der Waals surface area contributed by atoms with Crippen LogP contribution in [0, 0.1) is 11.8 Å². The summed E-state index contributed by atoms with van der Waals surface area (Å²) >= 11 is 6.02. The molecule has 3 nitrogen and oxygen atoms in total. The van der Waals surface area contributed by atoms with Gasteiger partial charge in [0.25, 0.3) is 5.91 Å². The average Bonchev–Trinajstić information content (AvgIpc) is 2.48. The molecular formula is C17H25ClN2O. The maximum atomic E-state index is 12.4. The van der Waals surface area contributed by atoms with Crippen LogP contribution in [0.4, 0.5) is 5.69 Å². The maximum Gasteiger partial charge on any atom is 0.253 e. The molecule has 2 N–H and O–H groups in total. The van der Waals surface area contributed by atoms with Gasteiger partial charge in [-0.25, -0.2) is 0 Å². The van der Waals surface area contributed by atoms with E-state index in [9.17, 15) is 4.79 Å². The number of rotatable bonds is 5. The Labute approximate surface area is 132 Å². The van der Waals surface area contributed by atoms with Gasteiger partial charge in [-0.1, -0.05) is 31.4 Å². The van der Waals surface area contributed by atoms with Gasteiger partial charge in [-0.15, -0.1) is 0 Å². The molecule has 1 fully saturated rings. The third kappa shape index (κ3) is 4.63. The van der Waals surface area contributed by atoms with Crippen LogP contribution < -0.4 is 10.6 Å². The van der Waals surface area contributed by atoms with Crippen molar-refractivity contribution in [2.75, 3.05) is 18.4 Å². The van der Waals surface area contributed by atoms with Crippen LogP contribution in [0.5, 0.6) is 0 Å². The quantitative estimate of drug-likeness (QED) is 0.850. The van der Waals surface area contributed by atoms with E-state index in [1.54, 1.807) is 12.1 Å². The first-order valence-corrected chi connectivity index (χ1v) is 8.29. The molecule has 21 heavy (non-hydrogen) atoms. The van der Waals surface area contributed by atoms with Crippen LogP contribution in [0.25, 0.3) is 0 Å². The fourth-order valence-electron chi connectivity index (χ4n) is 2.91. The first kappa shape index (κ1) is 16.2. The third-order valence-corrected chi connectivity index (χ3v) is 4.52. The molecule has 1 aromatic carbocycles. The third-order valence-electron chi connectivity index (χ3n) is 4.28. The number of nitrogens with one attached hydrogen (secondary N) is 2. The predicted molar refractivity (Wildman–Crippen MR) is 89.1 cm³/mol. The van der Waals surface area contributed by atoms with Crippen LogP contribution in [0.15, 0.2) is 18.2 Å². The van der Waals surface area contributed by atoms with Crippen molar-refractivity contribution >= 4 is 23.2 Å². The molecular weight excluding hydrogens is 284 g/mol. The minimum Gasteiger partial charge on any atom is -0.385 e. The van der Waals surface area contributed by atoms with Crippen molar-refractivity contribution in [1.29, 1.82) is 0 Å². The van der Waals surface area contributed by atoms with Crippen molar-refractivity contribution in [1.82, 2.24) is 5.32 Å². The van der Waals surface area contributed by atoms with Gasteiger partial charge >= 0.3 is 0 Å². The highest BCUT2D eigenvalue weighted by molar-refractivity contribution is 6.31. The Bertz CT molecular complexity index is 482. The monoisotopic (exact) mass is 308 g/mol. The van der Waals surface area contributed by atoms with E-state index in [1.165, 1.54) is 25.7 Å². The lowest BCUT2D eigenvalue weighted by atomic mass is 9.83. The van der Waals surface area contributed by atoms with E-state index in [1.807, 2.05) is 13.0 Å². The topological polar surface area (TPSA) is 41.1 Å². The highest BCUT2D eigenvalue weighted by atomic mass is 35.5. The molecule has 0 bridgehead atoms. The molecule has 1 saturated carbocycles. The molecule has 0 saturated heterocycles. The van der Waals surface area contributed by atoms with Gasteiger partial charge < -0.3 is 10.6 Å². The SMILES string of the molecule is CCNc1ccc(Cl)cc1C(=O)NCC1CCC(C)CC1. The van der Waals surface area contributed by atoms with Gasteiger partial charge in [-0.3, -0.25) is 4.79 Å². The Hall–Kier alpha value is -1.22. The lowest BCUT2D eigenvalue weighted by Crippen LogP contribution is -2.31. The van der Waals surface area contributed by atoms with Crippen LogP contribution in [0.2, 0.25) is 5.02 Å². The summed E-state index contributed by atoms with van der Waals surface area (Å²) in [4.78, 5) is 12.4. The molecule has 0 unspecified atom stereocenters. The van der Waals surface area contributed by atoms with Gasteiger partial charge in [0.2, 0.25) is 0 Å². The van der Waals surface area contributed by atoms with E-state index in [4.69, 9.17) is 11.6 Å². The standard InChI is InChI=1S/C17H25ClN2O/c1-3-19-16-9-8-14(18)10-15(16)17(21)20-11-13-6-4-12(2)5-7-13/h8-10,12-13,19H,3-7,11H2,1-2H3,(H,20,21). The second-order valence-corrected chi connectivity index (χ2v) is 6.49. The van der Waals surface area contributed by atoms with Crippen molar-refractivity contribution in [2.24, 2.45) is 11.8 Å². The summed E-state index contributed by atoms with van der Waals surface area (Å²) < 4.78 is 0. The Morgan fingerprint density at radius 2 is 2.00 bits per heavy atom. The minimum atomic E-state index is -0.0351. The van der Waals surface area contributed by atoms with Crippen molar-refractivity contribution in [3.63, 3.8) is 0 Å². The molecule has 1 aliphatic carbocycles. The molecule has 0 atom stereocenters. The molecule has 0 aromatic heterocycles. The predicted octanol–water partition coefficient (Wildman–Crippen LogP) is 4.33. The number of benzene rings is 1. The number of halogens is 1. The summed E-state index contributed by atoms with van der Waals surface area (Å²) in [5, 5.41) is 6.87. The van der Waals surface area contributed by atoms with Gasteiger partial charge in [0, 0.05) is 23.8 Å². The molecule has 0 heterocycles. The fraction of sp³-hybridized carbons (Fsp3) is 0.588. The molecule has 0 aliphatic heterocycles. The van der Waals surface area contributed by atoms with Crippen molar-refractivity contribution in [3.05, 3.63) is 28.8 Å². The minimum absolute atomic E-state index is 0.0351. The second kappa shape index (κ2) is 7.69. The van der Waals surface area contributed by atoms with E-state index < -0.39 is 0 Å². The summed E-state index contributed by atoms with van der Waals surface area (Å²) in [6, 6.07) is 5.40. The van der Waals surface area contributed by atoms with Crippen molar-refractivity contribution < 1.29 is 4.79 Å². The van der Waals surface area contributed by atoms with E-state index in [2.05, 4.69) is 17.6 Å². The van der Waals surface area contributed by atoms with Crippen LogP contribution in [0.1, 0.15) is 49.9 Å². The summed E-state index contributed by atoms with van der Waals surface area (Å²) in [5.74, 6) is 1.42. The second-order valence-electron chi connectivity index (χ2n) is 6.06. The van der Waals surface area contributed by atoms with Crippen molar-refractivity contribution in [3.8, 4) is 0 Å². The zero-order chi connectivity index (χ0) is 15.2. The smallest absolute Gasteiger partial charge is 0.253 e. The van der Waals surface area contributed by atoms with Gasteiger partial charge in [-0.2, -0.15) is 0 Å². The number of hydrogen-bond acceptors (Lipinski definition) is 2. The lowest BCUT2D eigenvalue weighted by molar-refractivity contribution is 0.0942. The first-order valence-electron chi connectivity index (χ1n) is 7.91. The largest absolute Gasteiger partial charge is 0.385 e. The summed E-state index contributed by atoms with van der Waals surface area (Å²) in [6.45, 7) is 5.87. The molecule has 116 valence electrons. The van der Waals surface area contributed by atoms with Crippen LogP contribution >= 0.6 is 11.6 Å². The number of anilines is 1. The van der Waals surface area contributed by atoms with E-state index in [0.29, 0.717) is 16.5 Å². The molecule has 0 radical (unpaired) electrons. The Kier molecular flexibility index (Phi) is 5.92. The number of hydrogen-bond donors (Lipinski definition) is 2. The fourth-order valence-corrected chi connectivity index (χ4v) is 3.09. The number of carbonyl (C=O) groups excluding carboxylic acids is 1. The zero-order valence-electron chi connectivity index (χ0n) is 12.9. The lowest BCUT2D eigenvalue weighted by Gasteiger charge is -2.26. The summed E-state index contributed by atoms with van der Waals surface area (Å²) in [6.07, 6.45) is 4.99. The van der Waals surface area contributed by atoms with Crippen LogP contribution in [-0.4, -0.2) is 19.0 Å². The normalized spacial score (nSPS) is 21.9. The molecule has 0 spiro atoms. The average molecular weight is 309 g/mol. The Morgan fingerprint density at radius 1 is 1.29 bits per heavy atom. The van der Waals surface area contributed by atoms with E-state index >= 15 is 0 Å². The Balaban J connectivity index is 1.95. The number of carbonyl (C=O) groups is 1. The molecule has 2 rings (SSSR count). The van der Waals surface area contributed by atoms with Gasteiger partial charge in [-0.05, 0) is 49.8 Å². The van der Waals surface area contributed by atoms with Crippen molar-refractivity contribution in [2.45, 2.75) is 39.5 Å². The highest BCUT2D eigenvalue weighted by Crippen LogP contribution is 2.28.